The number of rotatable bonds is 6. The van der Waals surface area contributed by atoms with Crippen LogP contribution in [0, 0.1) is 11.3 Å². The summed E-state index contributed by atoms with van der Waals surface area (Å²) in [5, 5.41) is 8.78. The standard InChI is InChI=1S/C15H20N2O3S/c1-20-15-5-3-13(4-6-15)11-17(9-2-8-16)14-7-10-21(18,19)12-14/h3-6,14H,2,7,9-12H2,1H3/t14-/m1/s1. The van der Waals surface area contributed by atoms with Gasteiger partial charge in [-0.2, -0.15) is 5.26 Å². The molecule has 6 heteroatoms. The van der Waals surface area contributed by atoms with Crippen LogP contribution in [0.2, 0.25) is 0 Å². The molecule has 0 aliphatic carbocycles. The highest BCUT2D eigenvalue weighted by molar-refractivity contribution is 7.91. The van der Waals surface area contributed by atoms with Crippen LogP contribution in [0.25, 0.3) is 0 Å². The fourth-order valence-electron chi connectivity index (χ4n) is 2.61. The SMILES string of the molecule is COc1ccc(CN(CCC#N)[C@@H]2CCS(=O)(=O)C2)cc1. The largest absolute Gasteiger partial charge is 0.497 e. The van der Waals surface area contributed by atoms with Crippen LogP contribution < -0.4 is 4.74 Å². The third-order valence-corrected chi connectivity index (χ3v) is 5.53. The van der Waals surface area contributed by atoms with Crippen LogP contribution in [-0.2, 0) is 16.4 Å². The number of hydrogen-bond donors (Lipinski definition) is 0. The molecule has 1 aliphatic heterocycles. The van der Waals surface area contributed by atoms with Gasteiger partial charge >= 0.3 is 0 Å². The fraction of sp³-hybridized carbons (Fsp3) is 0.533. The molecule has 114 valence electrons. The predicted molar refractivity (Wildman–Crippen MR) is 80.7 cm³/mol. The third kappa shape index (κ3) is 4.45. The minimum Gasteiger partial charge on any atom is -0.497 e. The summed E-state index contributed by atoms with van der Waals surface area (Å²) in [6.45, 7) is 1.26. The molecule has 1 aromatic carbocycles. The Balaban J connectivity index is 2.07. The van der Waals surface area contributed by atoms with Crippen molar-refractivity contribution in [3.8, 4) is 11.8 Å². The van der Waals surface area contributed by atoms with Crippen molar-refractivity contribution in [3.63, 3.8) is 0 Å². The van der Waals surface area contributed by atoms with Gasteiger partial charge in [0.05, 0.1) is 24.7 Å². The molecule has 21 heavy (non-hydrogen) atoms. The molecule has 0 N–H and O–H groups in total. The molecule has 0 amide bonds. The first kappa shape index (κ1) is 15.8. The Morgan fingerprint density at radius 1 is 1.38 bits per heavy atom. The highest BCUT2D eigenvalue weighted by Gasteiger charge is 2.31. The van der Waals surface area contributed by atoms with E-state index < -0.39 is 9.84 Å². The number of nitrogens with zero attached hydrogens (tertiary/aromatic N) is 2. The van der Waals surface area contributed by atoms with Crippen LogP contribution in [0.1, 0.15) is 18.4 Å². The Morgan fingerprint density at radius 2 is 2.10 bits per heavy atom. The second kappa shape index (κ2) is 6.92. The van der Waals surface area contributed by atoms with Crippen LogP contribution in [0.5, 0.6) is 5.75 Å². The lowest BCUT2D eigenvalue weighted by atomic mass is 10.1. The number of ether oxygens (including phenoxy) is 1. The monoisotopic (exact) mass is 308 g/mol. The molecular weight excluding hydrogens is 288 g/mol. The summed E-state index contributed by atoms with van der Waals surface area (Å²) in [6.07, 6.45) is 1.07. The average molecular weight is 308 g/mol. The van der Waals surface area contributed by atoms with Gasteiger partial charge in [0, 0.05) is 25.6 Å². The summed E-state index contributed by atoms with van der Waals surface area (Å²) < 4.78 is 28.4. The average Bonchev–Trinajstić information content (AvgIpc) is 2.84. The van der Waals surface area contributed by atoms with Crippen LogP contribution in [0.15, 0.2) is 24.3 Å². The van der Waals surface area contributed by atoms with E-state index in [0.29, 0.717) is 25.9 Å². The van der Waals surface area contributed by atoms with E-state index in [0.717, 1.165) is 11.3 Å². The fourth-order valence-corrected chi connectivity index (χ4v) is 4.37. The first-order chi connectivity index (χ1) is 10.0. The highest BCUT2D eigenvalue weighted by Crippen LogP contribution is 2.21. The van der Waals surface area contributed by atoms with Gasteiger partial charge in [0.15, 0.2) is 9.84 Å². The summed E-state index contributed by atoms with van der Waals surface area (Å²) in [5.74, 6) is 1.25. The quantitative estimate of drug-likeness (QED) is 0.798. The van der Waals surface area contributed by atoms with E-state index in [1.807, 2.05) is 24.3 Å². The molecule has 0 unspecified atom stereocenters. The molecule has 1 atom stereocenters. The molecule has 1 fully saturated rings. The van der Waals surface area contributed by atoms with E-state index in [1.54, 1.807) is 7.11 Å². The van der Waals surface area contributed by atoms with Gasteiger partial charge in [0.25, 0.3) is 0 Å². The Kier molecular flexibility index (Phi) is 5.21. The van der Waals surface area contributed by atoms with Crippen molar-refractivity contribution in [2.75, 3.05) is 25.2 Å². The third-order valence-electron chi connectivity index (χ3n) is 3.78. The van der Waals surface area contributed by atoms with E-state index in [4.69, 9.17) is 10.00 Å². The van der Waals surface area contributed by atoms with Gasteiger partial charge in [-0.1, -0.05) is 12.1 Å². The number of hydrogen-bond acceptors (Lipinski definition) is 5. The van der Waals surface area contributed by atoms with Gasteiger partial charge in [-0.3, -0.25) is 4.90 Å². The first-order valence-electron chi connectivity index (χ1n) is 6.98. The van der Waals surface area contributed by atoms with E-state index in [9.17, 15) is 8.42 Å². The summed E-state index contributed by atoms with van der Waals surface area (Å²) in [5.41, 5.74) is 1.10. The molecule has 1 heterocycles. The van der Waals surface area contributed by atoms with Crippen molar-refractivity contribution in [3.05, 3.63) is 29.8 Å². The molecule has 1 aliphatic rings. The predicted octanol–water partition coefficient (Wildman–Crippen LogP) is 1.60. The van der Waals surface area contributed by atoms with Crippen molar-refractivity contribution in [2.24, 2.45) is 0 Å². The summed E-state index contributed by atoms with van der Waals surface area (Å²) in [4.78, 5) is 2.11. The van der Waals surface area contributed by atoms with Crippen molar-refractivity contribution in [1.82, 2.24) is 4.90 Å². The number of methoxy groups -OCH3 is 1. The maximum Gasteiger partial charge on any atom is 0.151 e. The van der Waals surface area contributed by atoms with Crippen LogP contribution in [0.3, 0.4) is 0 Å². The van der Waals surface area contributed by atoms with Gasteiger partial charge in [-0.25, -0.2) is 8.42 Å². The molecule has 5 nitrogen and oxygen atoms in total. The lowest BCUT2D eigenvalue weighted by molar-refractivity contribution is 0.208. The van der Waals surface area contributed by atoms with Gasteiger partial charge in [0.2, 0.25) is 0 Å². The maximum atomic E-state index is 11.6. The molecule has 1 saturated heterocycles. The van der Waals surface area contributed by atoms with Gasteiger partial charge in [-0.05, 0) is 24.1 Å². The van der Waals surface area contributed by atoms with Gasteiger partial charge in [-0.15, -0.1) is 0 Å². The minimum absolute atomic E-state index is 0.0189. The maximum absolute atomic E-state index is 11.6. The zero-order valence-corrected chi connectivity index (χ0v) is 13.0. The number of benzene rings is 1. The summed E-state index contributed by atoms with van der Waals surface area (Å²) in [6, 6.07) is 9.89. The summed E-state index contributed by atoms with van der Waals surface area (Å²) >= 11 is 0. The summed E-state index contributed by atoms with van der Waals surface area (Å²) in [7, 11) is -1.29. The normalized spacial score (nSPS) is 20.3. The Hall–Kier alpha value is -1.58. The highest BCUT2D eigenvalue weighted by atomic mass is 32.2. The second-order valence-electron chi connectivity index (χ2n) is 5.28. The zero-order valence-electron chi connectivity index (χ0n) is 12.2. The molecule has 0 radical (unpaired) electrons. The second-order valence-corrected chi connectivity index (χ2v) is 7.51. The van der Waals surface area contributed by atoms with Crippen LogP contribution in [0.4, 0.5) is 0 Å². The van der Waals surface area contributed by atoms with Crippen molar-refractivity contribution < 1.29 is 13.2 Å². The van der Waals surface area contributed by atoms with Gasteiger partial charge in [0.1, 0.15) is 5.75 Å². The molecule has 1 aromatic rings. The molecule has 0 saturated carbocycles. The van der Waals surface area contributed by atoms with Crippen LogP contribution in [-0.4, -0.2) is 44.5 Å². The van der Waals surface area contributed by atoms with Crippen molar-refractivity contribution >= 4 is 9.84 Å². The molecule has 0 spiro atoms. The lowest BCUT2D eigenvalue weighted by Gasteiger charge is -2.27. The first-order valence-corrected chi connectivity index (χ1v) is 8.80. The minimum atomic E-state index is -2.91. The molecular formula is C15H20N2O3S. The zero-order chi connectivity index (χ0) is 15.3. The van der Waals surface area contributed by atoms with Crippen molar-refractivity contribution in [2.45, 2.75) is 25.4 Å². The Morgan fingerprint density at radius 3 is 2.62 bits per heavy atom. The van der Waals surface area contributed by atoms with E-state index >= 15 is 0 Å². The van der Waals surface area contributed by atoms with Gasteiger partial charge < -0.3 is 4.74 Å². The molecule has 0 bridgehead atoms. The Labute approximate surface area is 126 Å². The lowest BCUT2D eigenvalue weighted by Crippen LogP contribution is -2.36. The van der Waals surface area contributed by atoms with Crippen molar-refractivity contribution in [1.29, 1.82) is 5.26 Å². The van der Waals surface area contributed by atoms with E-state index in [1.165, 1.54) is 0 Å². The Bertz CT molecular complexity index is 605. The number of nitriles is 1. The molecule has 2 rings (SSSR count). The molecule has 0 aromatic heterocycles. The number of sulfone groups is 1. The topological polar surface area (TPSA) is 70.4 Å². The smallest absolute Gasteiger partial charge is 0.151 e. The van der Waals surface area contributed by atoms with E-state index in [2.05, 4.69) is 11.0 Å². The van der Waals surface area contributed by atoms with Crippen LogP contribution >= 0.6 is 0 Å². The van der Waals surface area contributed by atoms with E-state index in [-0.39, 0.29) is 17.5 Å².